The van der Waals surface area contributed by atoms with Crippen molar-refractivity contribution < 1.29 is 9.72 Å². The van der Waals surface area contributed by atoms with Gasteiger partial charge in [0.1, 0.15) is 6.07 Å². The molecule has 0 aromatic heterocycles. The third kappa shape index (κ3) is 3.45. The van der Waals surface area contributed by atoms with Gasteiger partial charge < -0.3 is 9.80 Å². The second-order valence-corrected chi connectivity index (χ2v) is 4.37. The molecule has 20 heavy (non-hydrogen) atoms. The van der Waals surface area contributed by atoms with Crippen LogP contribution in [0.3, 0.4) is 0 Å². The zero-order valence-corrected chi connectivity index (χ0v) is 11.7. The van der Waals surface area contributed by atoms with Crippen molar-refractivity contribution >= 4 is 17.3 Å². The second-order valence-electron chi connectivity index (χ2n) is 4.37. The van der Waals surface area contributed by atoms with E-state index in [9.17, 15) is 14.9 Å². The van der Waals surface area contributed by atoms with Gasteiger partial charge in [0.2, 0.25) is 5.91 Å². The van der Waals surface area contributed by atoms with Crippen LogP contribution >= 0.6 is 0 Å². The molecule has 7 heteroatoms. The van der Waals surface area contributed by atoms with E-state index in [0.29, 0.717) is 12.2 Å². The van der Waals surface area contributed by atoms with Crippen LogP contribution in [0.4, 0.5) is 11.4 Å². The van der Waals surface area contributed by atoms with Crippen LogP contribution in [-0.2, 0) is 4.79 Å². The molecule has 0 heterocycles. The van der Waals surface area contributed by atoms with Crippen molar-refractivity contribution in [3.05, 3.63) is 33.9 Å². The Morgan fingerprint density at radius 1 is 1.45 bits per heavy atom. The Labute approximate surface area is 117 Å². The van der Waals surface area contributed by atoms with Crippen LogP contribution in [0.25, 0.3) is 0 Å². The van der Waals surface area contributed by atoms with Crippen LogP contribution in [0.1, 0.15) is 12.5 Å². The predicted molar refractivity (Wildman–Crippen MR) is 74.4 cm³/mol. The minimum absolute atomic E-state index is 0.103. The van der Waals surface area contributed by atoms with Crippen LogP contribution in [-0.4, -0.2) is 42.9 Å². The minimum atomic E-state index is -0.550. The molecule has 0 saturated heterocycles. The molecule has 0 spiro atoms. The molecule has 1 aromatic rings. The number of nitrogens with zero attached hydrogens (tertiary/aromatic N) is 4. The molecule has 106 valence electrons. The molecule has 0 bridgehead atoms. The van der Waals surface area contributed by atoms with Gasteiger partial charge in [-0.3, -0.25) is 14.9 Å². The molecule has 0 aliphatic rings. The third-order valence-corrected chi connectivity index (χ3v) is 2.86. The summed E-state index contributed by atoms with van der Waals surface area (Å²) >= 11 is 0. The summed E-state index contributed by atoms with van der Waals surface area (Å²) in [4.78, 5) is 25.1. The highest BCUT2D eigenvalue weighted by molar-refractivity contribution is 5.81. The van der Waals surface area contributed by atoms with Crippen molar-refractivity contribution in [1.82, 2.24) is 4.90 Å². The number of benzene rings is 1. The number of likely N-dealkylation sites (N-methyl/N-ethyl adjacent to an activating group) is 2. The van der Waals surface area contributed by atoms with Gasteiger partial charge in [-0.05, 0) is 13.0 Å². The van der Waals surface area contributed by atoms with Gasteiger partial charge in [-0.2, -0.15) is 5.26 Å². The molecule has 0 N–H and O–H groups in total. The van der Waals surface area contributed by atoms with Gasteiger partial charge in [0.25, 0.3) is 5.69 Å². The molecular weight excluding hydrogens is 260 g/mol. The maximum Gasteiger partial charge on any atom is 0.270 e. The average molecular weight is 276 g/mol. The number of anilines is 1. The summed E-state index contributed by atoms with van der Waals surface area (Å²) < 4.78 is 0. The second kappa shape index (κ2) is 6.52. The molecule has 1 aromatic carbocycles. The van der Waals surface area contributed by atoms with Crippen LogP contribution < -0.4 is 4.90 Å². The van der Waals surface area contributed by atoms with Crippen molar-refractivity contribution in [3.63, 3.8) is 0 Å². The summed E-state index contributed by atoms with van der Waals surface area (Å²) in [5.74, 6) is -0.103. The van der Waals surface area contributed by atoms with Crippen molar-refractivity contribution in [1.29, 1.82) is 5.26 Å². The summed E-state index contributed by atoms with van der Waals surface area (Å²) in [5, 5.41) is 19.8. The van der Waals surface area contributed by atoms with Gasteiger partial charge in [0.15, 0.2) is 0 Å². The summed E-state index contributed by atoms with van der Waals surface area (Å²) in [6.45, 7) is 2.49. The van der Waals surface area contributed by atoms with E-state index in [-0.39, 0.29) is 23.7 Å². The van der Waals surface area contributed by atoms with E-state index in [1.165, 1.54) is 23.1 Å². The van der Waals surface area contributed by atoms with E-state index in [1.54, 1.807) is 19.0 Å². The SMILES string of the molecule is CCN(CC(=O)N(C)C)c1ccc([N+](=O)[O-])cc1C#N. The van der Waals surface area contributed by atoms with Crippen molar-refractivity contribution in [2.75, 3.05) is 32.1 Å². The van der Waals surface area contributed by atoms with E-state index in [2.05, 4.69) is 0 Å². The first kappa shape index (κ1) is 15.4. The number of nitro groups is 1. The van der Waals surface area contributed by atoms with E-state index in [0.717, 1.165) is 0 Å². The first-order valence-corrected chi connectivity index (χ1v) is 6.04. The van der Waals surface area contributed by atoms with E-state index in [4.69, 9.17) is 5.26 Å². The lowest BCUT2D eigenvalue weighted by molar-refractivity contribution is -0.384. The lowest BCUT2D eigenvalue weighted by Gasteiger charge is -2.24. The van der Waals surface area contributed by atoms with Crippen LogP contribution in [0, 0.1) is 21.4 Å². The number of amides is 1. The summed E-state index contributed by atoms with van der Waals surface area (Å²) in [7, 11) is 3.30. The Kier molecular flexibility index (Phi) is 5.03. The van der Waals surface area contributed by atoms with Gasteiger partial charge >= 0.3 is 0 Å². The molecule has 0 aliphatic carbocycles. The molecule has 1 rings (SSSR count). The fourth-order valence-electron chi connectivity index (χ4n) is 1.67. The van der Waals surface area contributed by atoms with Crippen molar-refractivity contribution in [3.8, 4) is 6.07 Å². The number of carbonyl (C=O) groups excluding carboxylic acids is 1. The van der Waals surface area contributed by atoms with Crippen molar-refractivity contribution in [2.45, 2.75) is 6.92 Å². The van der Waals surface area contributed by atoms with Gasteiger partial charge in [0.05, 0.1) is 22.7 Å². The Bertz CT molecular complexity index is 563. The number of nitriles is 1. The smallest absolute Gasteiger partial charge is 0.270 e. The van der Waals surface area contributed by atoms with Gasteiger partial charge in [-0.15, -0.1) is 0 Å². The Hall–Kier alpha value is -2.62. The zero-order chi connectivity index (χ0) is 15.3. The topological polar surface area (TPSA) is 90.5 Å². The summed E-state index contributed by atoms with van der Waals surface area (Å²) in [6, 6.07) is 5.99. The molecule has 1 amide bonds. The average Bonchev–Trinajstić information content (AvgIpc) is 2.43. The highest BCUT2D eigenvalue weighted by atomic mass is 16.6. The van der Waals surface area contributed by atoms with Crippen LogP contribution in [0.5, 0.6) is 0 Å². The first-order valence-electron chi connectivity index (χ1n) is 6.04. The van der Waals surface area contributed by atoms with Crippen LogP contribution in [0.2, 0.25) is 0 Å². The largest absolute Gasteiger partial charge is 0.361 e. The number of hydrogen-bond donors (Lipinski definition) is 0. The normalized spacial score (nSPS) is 9.70. The highest BCUT2D eigenvalue weighted by Crippen LogP contribution is 2.24. The zero-order valence-electron chi connectivity index (χ0n) is 11.7. The molecule has 0 atom stereocenters. The predicted octanol–water partition coefficient (Wildman–Crippen LogP) is 1.38. The lowest BCUT2D eigenvalue weighted by Crippen LogP contribution is -2.36. The molecular formula is C13H16N4O3. The fraction of sp³-hybridized carbons (Fsp3) is 0.385. The Balaban J connectivity index is 3.13. The fourth-order valence-corrected chi connectivity index (χ4v) is 1.67. The summed E-state index contributed by atoms with van der Waals surface area (Å²) in [5.41, 5.74) is 0.573. The molecule has 0 fully saturated rings. The van der Waals surface area contributed by atoms with Gasteiger partial charge in [-0.25, -0.2) is 0 Å². The highest BCUT2D eigenvalue weighted by Gasteiger charge is 2.17. The maximum absolute atomic E-state index is 11.8. The van der Waals surface area contributed by atoms with Crippen LogP contribution in [0.15, 0.2) is 18.2 Å². The molecule has 7 nitrogen and oxygen atoms in total. The quantitative estimate of drug-likeness (QED) is 0.598. The van der Waals surface area contributed by atoms with Gasteiger partial charge in [0, 0.05) is 32.8 Å². The molecule has 0 saturated carbocycles. The molecule has 0 radical (unpaired) electrons. The number of non-ortho nitro benzene ring substituents is 1. The first-order chi connectivity index (χ1) is 9.40. The summed E-state index contributed by atoms with van der Waals surface area (Å²) in [6.07, 6.45) is 0. The Morgan fingerprint density at radius 2 is 2.10 bits per heavy atom. The third-order valence-electron chi connectivity index (χ3n) is 2.86. The standard InChI is InChI=1S/C13H16N4O3/c1-4-16(9-13(18)15(2)3)12-6-5-11(17(19)20)7-10(12)8-14/h5-7H,4,9H2,1-3H3. The molecule has 0 unspecified atom stereocenters. The van der Waals surface area contributed by atoms with Crippen molar-refractivity contribution in [2.24, 2.45) is 0 Å². The number of hydrogen-bond acceptors (Lipinski definition) is 5. The monoisotopic (exact) mass is 276 g/mol. The minimum Gasteiger partial charge on any atom is -0.361 e. The number of carbonyl (C=O) groups is 1. The number of nitro benzene ring substituents is 1. The van der Waals surface area contributed by atoms with E-state index < -0.39 is 4.92 Å². The Morgan fingerprint density at radius 3 is 2.55 bits per heavy atom. The van der Waals surface area contributed by atoms with E-state index in [1.807, 2.05) is 13.0 Å². The maximum atomic E-state index is 11.8. The van der Waals surface area contributed by atoms with Gasteiger partial charge in [-0.1, -0.05) is 0 Å². The molecule has 0 aliphatic heterocycles. The number of rotatable bonds is 5. The van der Waals surface area contributed by atoms with E-state index >= 15 is 0 Å². The lowest BCUT2D eigenvalue weighted by atomic mass is 10.1.